The van der Waals surface area contributed by atoms with Crippen LogP contribution in [0.4, 0.5) is 10.1 Å². The van der Waals surface area contributed by atoms with Gasteiger partial charge in [0.2, 0.25) is 5.91 Å². The molecule has 1 amide bonds. The first kappa shape index (κ1) is 12.8. The van der Waals surface area contributed by atoms with E-state index in [0.717, 1.165) is 31.7 Å². The van der Waals surface area contributed by atoms with Gasteiger partial charge < -0.3 is 16.8 Å². The quantitative estimate of drug-likeness (QED) is 0.763. The molecule has 0 spiro atoms. The fourth-order valence-corrected chi connectivity index (χ4v) is 2.32. The topological polar surface area (TPSA) is 81.1 Å². The third-order valence-corrected chi connectivity index (χ3v) is 3.41. The fourth-order valence-electron chi connectivity index (χ4n) is 2.32. The molecular formula is C13H18FN3O. The summed E-state index contributed by atoms with van der Waals surface area (Å²) in [5.41, 5.74) is 11.6. The van der Waals surface area contributed by atoms with Crippen molar-refractivity contribution in [3.05, 3.63) is 29.6 Å². The summed E-state index contributed by atoms with van der Waals surface area (Å²) in [5.74, 6) is -1.10. The normalized spacial score (nSPS) is 23.7. The van der Waals surface area contributed by atoms with E-state index in [2.05, 4.69) is 5.32 Å². The maximum absolute atomic E-state index is 13.8. The van der Waals surface area contributed by atoms with Crippen molar-refractivity contribution in [1.82, 2.24) is 0 Å². The SMILES string of the molecule is NC(=O)c1ccc(NC2CCCCC2N)c(F)c1. The van der Waals surface area contributed by atoms with Crippen LogP contribution in [0.15, 0.2) is 18.2 Å². The highest BCUT2D eigenvalue weighted by Gasteiger charge is 2.22. The molecule has 1 aliphatic rings. The molecule has 5 heteroatoms. The second-order valence-electron chi connectivity index (χ2n) is 4.76. The van der Waals surface area contributed by atoms with Gasteiger partial charge in [-0.3, -0.25) is 4.79 Å². The zero-order valence-electron chi connectivity index (χ0n) is 10.2. The van der Waals surface area contributed by atoms with Gasteiger partial charge in [-0.1, -0.05) is 12.8 Å². The molecule has 1 aliphatic carbocycles. The lowest BCUT2D eigenvalue weighted by atomic mass is 9.91. The minimum Gasteiger partial charge on any atom is -0.378 e. The number of carbonyl (C=O) groups is 1. The highest BCUT2D eigenvalue weighted by atomic mass is 19.1. The molecule has 98 valence electrons. The van der Waals surface area contributed by atoms with Crippen LogP contribution in [0.5, 0.6) is 0 Å². The molecular weight excluding hydrogens is 233 g/mol. The highest BCUT2D eigenvalue weighted by Crippen LogP contribution is 2.23. The van der Waals surface area contributed by atoms with Crippen molar-refractivity contribution >= 4 is 11.6 Å². The zero-order chi connectivity index (χ0) is 13.1. The maximum atomic E-state index is 13.8. The van der Waals surface area contributed by atoms with Gasteiger partial charge in [0.1, 0.15) is 5.82 Å². The standard InChI is InChI=1S/C13H18FN3O/c14-9-7-8(13(16)18)5-6-11(9)17-12-4-2-1-3-10(12)15/h5-7,10,12,17H,1-4,15H2,(H2,16,18). The minimum absolute atomic E-state index is 0.0500. The van der Waals surface area contributed by atoms with Crippen LogP contribution >= 0.6 is 0 Å². The summed E-state index contributed by atoms with van der Waals surface area (Å²) in [6.45, 7) is 0. The minimum atomic E-state index is -0.630. The Bertz CT molecular complexity index is 450. The first-order valence-electron chi connectivity index (χ1n) is 6.19. The summed E-state index contributed by atoms with van der Waals surface area (Å²) in [4.78, 5) is 10.9. The number of hydrogen-bond donors (Lipinski definition) is 3. The smallest absolute Gasteiger partial charge is 0.248 e. The second kappa shape index (κ2) is 5.35. The van der Waals surface area contributed by atoms with Crippen LogP contribution in [0.2, 0.25) is 0 Å². The van der Waals surface area contributed by atoms with Crippen LogP contribution in [0, 0.1) is 5.82 Å². The molecule has 0 saturated heterocycles. The lowest BCUT2D eigenvalue weighted by molar-refractivity contribution is 0.1000. The molecule has 1 saturated carbocycles. The van der Waals surface area contributed by atoms with Gasteiger partial charge >= 0.3 is 0 Å². The number of primary amides is 1. The summed E-state index contributed by atoms with van der Waals surface area (Å²) in [7, 11) is 0. The lowest BCUT2D eigenvalue weighted by Crippen LogP contribution is -2.42. The van der Waals surface area contributed by atoms with E-state index < -0.39 is 11.7 Å². The Kier molecular flexibility index (Phi) is 3.81. The van der Waals surface area contributed by atoms with E-state index >= 15 is 0 Å². The van der Waals surface area contributed by atoms with E-state index in [0.29, 0.717) is 5.69 Å². The van der Waals surface area contributed by atoms with Crippen molar-refractivity contribution in [2.75, 3.05) is 5.32 Å². The molecule has 1 fully saturated rings. The zero-order valence-corrected chi connectivity index (χ0v) is 10.2. The Hall–Kier alpha value is -1.62. The Morgan fingerprint density at radius 1 is 1.33 bits per heavy atom. The second-order valence-corrected chi connectivity index (χ2v) is 4.76. The molecule has 18 heavy (non-hydrogen) atoms. The lowest BCUT2D eigenvalue weighted by Gasteiger charge is -2.30. The Morgan fingerprint density at radius 3 is 2.67 bits per heavy atom. The van der Waals surface area contributed by atoms with E-state index in [9.17, 15) is 9.18 Å². The van der Waals surface area contributed by atoms with Crippen molar-refractivity contribution in [3.8, 4) is 0 Å². The Balaban J connectivity index is 2.11. The molecule has 0 aliphatic heterocycles. The van der Waals surface area contributed by atoms with Gasteiger partial charge in [0, 0.05) is 17.6 Å². The first-order chi connectivity index (χ1) is 8.58. The van der Waals surface area contributed by atoms with Crippen LogP contribution in [-0.2, 0) is 0 Å². The Labute approximate surface area is 106 Å². The number of halogens is 1. The maximum Gasteiger partial charge on any atom is 0.248 e. The third kappa shape index (κ3) is 2.79. The van der Waals surface area contributed by atoms with Crippen molar-refractivity contribution in [3.63, 3.8) is 0 Å². The third-order valence-electron chi connectivity index (χ3n) is 3.41. The van der Waals surface area contributed by atoms with Crippen molar-refractivity contribution < 1.29 is 9.18 Å². The van der Waals surface area contributed by atoms with Gasteiger partial charge in [-0.15, -0.1) is 0 Å². The summed E-state index contributed by atoms with van der Waals surface area (Å²) in [6.07, 6.45) is 4.13. The summed E-state index contributed by atoms with van der Waals surface area (Å²) < 4.78 is 13.8. The molecule has 0 radical (unpaired) electrons. The predicted octanol–water partition coefficient (Wildman–Crippen LogP) is 1.61. The van der Waals surface area contributed by atoms with Gasteiger partial charge in [-0.25, -0.2) is 4.39 Å². The molecule has 1 aromatic carbocycles. The van der Waals surface area contributed by atoms with Crippen LogP contribution < -0.4 is 16.8 Å². The van der Waals surface area contributed by atoms with Crippen molar-refractivity contribution in [1.29, 1.82) is 0 Å². The fraction of sp³-hybridized carbons (Fsp3) is 0.462. The number of nitrogens with two attached hydrogens (primary N) is 2. The number of nitrogens with one attached hydrogen (secondary N) is 1. The highest BCUT2D eigenvalue weighted by molar-refractivity contribution is 5.93. The molecule has 0 bridgehead atoms. The molecule has 4 nitrogen and oxygen atoms in total. The van der Waals surface area contributed by atoms with E-state index in [4.69, 9.17) is 11.5 Å². The predicted molar refractivity (Wildman–Crippen MR) is 68.8 cm³/mol. The number of rotatable bonds is 3. The Morgan fingerprint density at radius 2 is 2.06 bits per heavy atom. The van der Waals surface area contributed by atoms with Gasteiger partial charge in [-0.2, -0.15) is 0 Å². The number of benzene rings is 1. The summed E-state index contributed by atoms with van der Waals surface area (Å²) >= 11 is 0. The van der Waals surface area contributed by atoms with E-state index in [-0.39, 0.29) is 17.6 Å². The number of hydrogen-bond acceptors (Lipinski definition) is 3. The monoisotopic (exact) mass is 251 g/mol. The molecule has 0 aromatic heterocycles. The molecule has 2 rings (SSSR count). The van der Waals surface area contributed by atoms with Crippen molar-refractivity contribution in [2.45, 2.75) is 37.8 Å². The van der Waals surface area contributed by atoms with Crippen molar-refractivity contribution in [2.24, 2.45) is 11.5 Å². The average molecular weight is 251 g/mol. The number of carbonyl (C=O) groups excluding carboxylic acids is 1. The van der Waals surface area contributed by atoms with Crippen LogP contribution in [0.25, 0.3) is 0 Å². The molecule has 2 atom stereocenters. The van der Waals surface area contributed by atoms with Gasteiger partial charge in [0.25, 0.3) is 0 Å². The van der Waals surface area contributed by atoms with E-state index in [1.165, 1.54) is 12.1 Å². The average Bonchev–Trinajstić information content (AvgIpc) is 2.34. The summed E-state index contributed by atoms with van der Waals surface area (Å²) in [6, 6.07) is 4.35. The van der Waals surface area contributed by atoms with Crippen LogP contribution in [0.3, 0.4) is 0 Å². The molecule has 1 aromatic rings. The van der Waals surface area contributed by atoms with Gasteiger partial charge in [-0.05, 0) is 31.0 Å². The largest absolute Gasteiger partial charge is 0.378 e. The van der Waals surface area contributed by atoms with Crippen LogP contribution in [-0.4, -0.2) is 18.0 Å². The molecule has 0 heterocycles. The van der Waals surface area contributed by atoms with E-state index in [1.54, 1.807) is 0 Å². The molecule has 2 unspecified atom stereocenters. The molecule has 5 N–H and O–H groups in total. The number of anilines is 1. The summed E-state index contributed by atoms with van der Waals surface area (Å²) in [5, 5.41) is 3.11. The van der Waals surface area contributed by atoms with Gasteiger partial charge in [0.15, 0.2) is 0 Å². The van der Waals surface area contributed by atoms with E-state index in [1.807, 2.05) is 0 Å². The number of amides is 1. The van der Waals surface area contributed by atoms with Gasteiger partial charge in [0.05, 0.1) is 5.69 Å². The van der Waals surface area contributed by atoms with Crippen LogP contribution in [0.1, 0.15) is 36.0 Å². The first-order valence-corrected chi connectivity index (χ1v) is 6.19.